The average molecular weight is 385 g/mol. The highest BCUT2D eigenvalue weighted by Crippen LogP contribution is 2.24. The zero-order valence-corrected chi connectivity index (χ0v) is 16.8. The maximum absolute atomic E-state index is 12.3. The van der Waals surface area contributed by atoms with Gasteiger partial charge in [0.1, 0.15) is 11.5 Å². The molecule has 0 aliphatic rings. The van der Waals surface area contributed by atoms with Crippen LogP contribution in [-0.2, 0) is 0 Å². The summed E-state index contributed by atoms with van der Waals surface area (Å²) in [5, 5.41) is 8.84. The number of aryl methyl sites for hydroxylation is 2. The first-order valence-corrected chi connectivity index (χ1v) is 9.60. The number of anilines is 1. The van der Waals surface area contributed by atoms with Crippen molar-refractivity contribution in [2.75, 3.05) is 26.0 Å². The molecule has 142 valence electrons. The van der Waals surface area contributed by atoms with Crippen molar-refractivity contribution in [3.05, 3.63) is 58.3 Å². The molecular formula is C20H24N4O2S. The maximum Gasteiger partial charge on any atom is 0.319 e. The zero-order chi connectivity index (χ0) is 19.4. The van der Waals surface area contributed by atoms with Gasteiger partial charge in [0.2, 0.25) is 0 Å². The fraction of sp³-hybridized carbons (Fsp3) is 0.300. The third kappa shape index (κ3) is 4.96. The van der Waals surface area contributed by atoms with Gasteiger partial charge >= 0.3 is 6.03 Å². The predicted octanol–water partition coefficient (Wildman–Crippen LogP) is 4.44. The van der Waals surface area contributed by atoms with Crippen LogP contribution in [0.5, 0.6) is 0 Å². The first kappa shape index (κ1) is 19.1. The van der Waals surface area contributed by atoms with Gasteiger partial charge in [0.05, 0.1) is 16.7 Å². The Hall–Kier alpha value is -2.64. The number of carbonyl (C=O) groups is 1. The van der Waals surface area contributed by atoms with Crippen LogP contribution in [0.15, 0.2) is 46.2 Å². The molecule has 2 N–H and O–H groups in total. The first-order chi connectivity index (χ1) is 12.9. The number of carbonyl (C=O) groups excluding carboxylic acids is 1. The molecule has 1 aromatic carbocycles. The molecule has 6 nitrogen and oxygen atoms in total. The Morgan fingerprint density at radius 3 is 2.70 bits per heavy atom. The Labute approximate surface area is 163 Å². The number of hydrogen-bond donors (Lipinski definition) is 2. The molecule has 2 heterocycles. The van der Waals surface area contributed by atoms with E-state index in [-0.39, 0.29) is 12.1 Å². The molecule has 3 aromatic rings. The molecule has 2 aromatic heterocycles. The summed E-state index contributed by atoms with van der Waals surface area (Å²) in [5.74, 6) is 1.69. The lowest BCUT2D eigenvalue weighted by molar-refractivity contribution is 0.232. The molecule has 0 saturated carbocycles. The van der Waals surface area contributed by atoms with E-state index in [2.05, 4.69) is 15.6 Å². The number of thiazole rings is 1. The second-order valence-electron chi connectivity index (χ2n) is 6.60. The molecule has 7 heteroatoms. The lowest BCUT2D eigenvalue weighted by Crippen LogP contribution is -2.36. The molecule has 2 amide bonds. The molecule has 0 aliphatic carbocycles. The van der Waals surface area contributed by atoms with Gasteiger partial charge in [-0.05, 0) is 52.2 Å². The van der Waals surface area contributed by atoms with E-state index in [4.69, 9.17) is 4.42 Å². The number of amides is 2. The summed E-state index contributed by atoms with van der Waals surface area (Å²) in [7, 11) is 3.92. The highest BCUT2D eigenvalue weighted by molar-refractivity contribution is 7.09. The van der Waals surface area contributed by atoms with Crippen LogP contribution in [0, 0.1) is 13.8 Å². The van der Waals surface area contributed by atoms with Gasteiger partial charge in [-0.2, -0.15) is 0 Å². The monoisotopic (exact) mass is 384 g/mol. The number of likely N-dealkylation sites (N-methyl/N-ethyl adjacent to an activating group) is 1. The van der Waals surface area contributed by atoms with Gasteiger partial charge in [0, 0.05) is 23.2 Å². The molecule has 1 atom stereocenters. The van der Waals surface area contributed by atoms with E-state index in [1.165, 1.54) is 0 Å². The van der Waals surface area contributed by atoms with Crippen LogP contribution in [0.1, 0.15) is 22.6 Å². The van der Waals surface area contributed by atoms with E-state index in [1.807, 2.05) is 74.6 Å². The van der Waals surface area contributed by atoms with E-state index < -0.39 is 0 Å². The summed E-state index contributed by atoms with van der Waals surface area (Å²) in [5.41, 5.74) is 2.63. The molecule has 3 rings (SSSR count). The van der Waals surface area contributed by atoms with Crippen LogP contribution >= 0.6 is 11.3 Å². The van der Waals surface area contributed by atoms with E-state index in [0.717, 1.165) is 33.5 Å². The molecule has 0 aliphatic heterocycles. The van der Waals surface area contributed by atoms with Crippen molar-refractivity contribution >= 4 is 23.1 Å². The van der Waals surface area contributed by atoms with Crippen LogP contribution in [0.3, 0.4) is 0 Å². The molecule has 0 radical (unpaired) electrons. The predicted molar refractivity (Wildman–Crippen MR) is 109 cm³/mol. The smallest absolute Gasteiger partial charge is 0.319 e. The number of nitrogens with one attached hydrogen (secondary N) is 2. The molecule has 0 saturated heterocycles. The molecule has 1 unspecified atom stereocenters. The summed E-state index contributed by atoms with van der Waals surface area (Å²) < 4.78 is 5.70. The Morgan fingerprint density at radius 1 is 1.26 bits per heavy atom. The molecule has 0 fully saturated rings. The minimum absolute atomic E-state index is 0.0336. The van der Waals surface area contributed by atoms with Gasteiger partial charge in [0.15, 0.2) is 0 Å². The zero-order valence-electron chi connectivity index (χ0n) is 15.9. The van der Waals surface area contributed by atoms with Crippen molar-refractivity contribution < 1.29 is 9.21 Å². The number of hydrogen-bond acceptors (Lipinski definition) is 5. The fourth-order valence-electron chi connectivity index (χ4n) is 2.79. The highest BCUT2D eigenvalue weighted by Gasteiger charge is 2.18. The topological polar surface area (TPSA) is 70.4 Å². The minimum Gasteiger partial charge on any atom is -0.465 e. The van der Waals surface area contributed by atoms with Gasteiger partial charge in [0.25, 0.3) is 0 Å². The van der Waals surface area contributed by atoms with Crippen molar-refractivity contribution in [3.8, 4) is 11.3 Å². The van der Waals surface area contributed by atoms with E-state index in [1.54, 1.807) is 11.3 Å². The molecule has 0 bridgehead atoms. The molecular weight excluding hydrogens is 360 g/mol. The second kappa shape index (κ2) is 8.37. The number of aromatic nitrogens is 1. The summed E-state index contributed by atoms with van der Waals surface area (Å²) in [6.45, 7) is 4.33. The van der Waals surface area contributed by atoms with Crippen molar-refractivity contribution in [3.63, 3.8) is 0 Å². The van der Waals surface area contributed by atoms with Crippen LogP contribution in [0.4, 0.5) is 10.5 Å². The maximum atomic E-state index is 12.3. The third-order valence-corrected chi connectivity index (χ3v) is 4.98. The van der Waals surface area contributed by atoms with Gasteiger partial charge < -0.3 is 15.1 Å². The van der Waals surface area contributed by atoms with E-state index in [9.17, 15) is 4.79 Å². The Kier molecular flexibility index (Phi) is 5.93. The van der Waals surface area contributed by atoms with E-state index in [0.29, 0.717) is 6.54 Å². The summed E-state index contributed by atoms with van der Waals surface area (Å²) >= 11 is 1.61. The summed E-state index contributed by atoms with van der Waals surface area (Å²) in [6, 6.07) is 11.3. The van der Waals surface area contributed by atoms with Crippen LogP contribution < -0.4 is 10.6 Å². The summed E-state index contributed by atoms with van der Waals surface area (Å²) in [4.78, 5) is 18.9. The minimum atomic E-state index is -0.253. The normalized spacial score (nSPS) is 12.2. The van der Waals surface area contributed by atoms with Crippen molar-refractivity contribution in [2.45, 2.75) is 19.9 Å². The Morgan fingerprint density at radius 2 is 2.07 bits per heavy atom. The number of nitrogens with zero attached hydrogens (tertiary/aromatic N) is 2. The number of rotatable bonds is 6. The molecule has 0 spiro atoms. The molecule has 27 heavy (non-hydrogen) atoms. The van der Waals surface area contributed by atoms with Crippen LogP contribution in [0.25, 0.3) is 11.3 Å². The SMILES string of the molecule is Cc1ccc(C(CNC(=O)Nc2cccc(-c3csc(C)n3)c2)N(C)C)o1. The second-order valence-corrected chi connectivity index (χ2v) is 7.66. The van der Waals surface area contributed by atoms with Gasteiger partial charge in [-0.25, -0.2) is 9.78 Å². The highest BCUT2D eigenvalue weighted by atomic mass is 32.1. The third-order valence-electron chi connectivity index (χ3n) is 4.20. The van der Waals surface area contributed by atoms with Gasteiger partial charge in [-0.15, -0.1) is 11.3 Å². The number of benzene rings is 1. The van der Waals surface area contributed by atoms with Crippen LogP contribution in [0.2, 0.25) is 0 Å². The van der Waals surface area contributed by atoms with Gasteiger partial charge in [-0.3, -0.25) is 4.90 Å². The van der Waals surface area contributed by atoms with Crippen LogP contribution in [-0.4, -0.2) is 36.6 Å². The van der Waals surface area contributed by atoms with Crippen molar-refractivity contribution in [2.24, 2.45) is 0 Å². The number of furan rings is 1. The Bertz CT molecular complexity index is 916. The fourth-order valence-corrected chi connectivity index (χ4v) is 3.41. The average Bonchev–Trinajstić information content (AvgIpc) is 3.24. The largest absolute Gasteiger partial charge is 0.465 e. The summed E-state index contributed by atoms with van der Waals surface area (Å²) in [6.07, 6.45) is 0. The van der Waals surface area contributed by atoms with E-state index >= 15 is 0 Å². The van der Waals surface area contributed by atoms with Crippen molar-refractivity contribution in [1.29, 1.82) is 0 Å². The van der Waals surface area contributed by atoms with Crippen molar-refractivity contribution in [1.82, 2.24) is 15.2 Å². The number of urea groups is 1. The lowest BCUT2D eigenvalue weighted by atomic mass is 10.1. The lowest BCUT2D eigenvalue weighted by Gasteiger charge is -2.22. The quantitative estimate of drug-likeness (QED) is 0.659. The standard InChI is InChI=1S/C20H24N4O2S/c1-13-8-9-19(26-13)18(24(3)4)11-21-20(25)23-16-7-5-6-15(10-16)17-12-27-14(2)22-17/h5-10,12,18H,11H2,1-4H3,(H2,21,23,25). The first-order valence-electron chi connectivity index (χ1n) is 8.72. The van der Waals surface area contributed by atoms with Gasteiger partial charge in [-0.1, -0.05) is 12.1 Å². The Balaban J connectivity index is 1.62.